The lowest BCUT2D eigenvalue weighted by Gasteiger charge is -2.45. The summed E-state index contributed by atoms with van der Waals surface area (Å²) >= 11 is 0. The van der Waals surface area contributed by atoms with E-state index < -0.39 is 6.10 Å². The third-order valence-electron chi connectivity index (χ3n) is 4.12. The zero-order valence-corrected chi connectivity index (χ0v) is 10.5. The quantitative estimate of drug-likeness (QED) is 0.766. The van der Waals surface area contributed by atoms with Crippen LogP contribution in [-0.2, 0) is 0 Å². The monoisotopic (exact) mass is 251 g/mol. The molecule has 0 bridgehead atoms. The highest BCUT2D eigenvalue weighted by Crippen LogP contribution is 2.44. The lowest BCUT2D eigenvalue weighted by atomic mass is 9.82. The predicted molar refractivity (Wildman–Crippen MR) is 66.1 cm³/mol. The lowest BCUT2D eigenvalue weighted by Crippen LogP contribution is -2.49. The molecule has 2 heterocycles. The third kappa shape index (κ3) is 1.99. The van der Waals surface area contributed by atoms with Crippen molar-refractivity contribution in [2.45, 2.75) is 31.0 Å². The van der Waals surface area contributed by atoms with E-state index in [1.165, 1.54) is 12.1 Å². The maximum atomic E-state index is 13.2. The molecular weight excluding hydrogens is 233 g/mol. The van der Waals surface area contributed by atoms with Gasteiger partial charge in [0.1, 0.15) is 17.2 Å². The number of rotatable bonds is 0. The van der Waals surface area contributed by atoms with Gasteiger partial charge in [0.05, 0.1) is 6.10 Å². The summed E-state index contributed by atoms with van der Waals surface area (Å²) in [6.45, 7) is 1.95. The van der Waals surface area contributed by atoms with Crippen LogP contribution < -0.4 is 4.74 Å². The molecule has 1 aromatic carbocycles. The molecule has 1 N–H and O–H groups in total. The molecule has 3 rings (SSSR count). The highest BCUT2D eigenvalue weighted by molar-refractivity contribution is 5.38. The molecule has 0 amide bonds. The molecule has 0 aromatic heterocycles. The summed E-state index contributed by atoms with van der Waals surface area (Å²) in [5.41, 5.74) is 0.316. The minimum Gasteiger partial charge on any atom is -0.487 e. The molecule has 1 atom stereocenters. The van der Waals surface area contributed by atoms with Crippen molar-refractivity contribution in [1.82, 2.24) is 4.90 Å². The minimum absolute atomic E-state index is 0.267. The largest absolute Gasteiger partial charge is 0.487 e. The number of aliphatic hydroxyl groups is 1. The van der Waals surface area contributed by atoms with Gasteiger partial charge in [0, 0.05) is 25.1 Å². The summed E-state index contributed by atoms with van der Waals surface area (Å²) in [5, 5.41) is 10.2. The van der Waals surface area contributed by atoms with Crippen molar-refractivity contribution in [3.8, 4) is 5.75 Å². The van der Waals surface area contributed by atoms with Crippen molar-refractivity contribution in [2.75, 3.05) is 20.1 Å². The minimum atomic E-state index is -0.618. The Labute approximate surface area is 106 Å². The van der Waals surface area contributed by atoms with Crippen molar-refractivity contribution in [3.63, 3.8) is 0 Å². The summed E-state index contributed by atoms with van der Waals surface area (Å²) in [6.07, 6.45) is 1.78. The zero-order valence-electron chi connectivity index (χ0n) is 10.5. The molecule has 0 aliphatic carbocycles. The molecule has 0 unspecified atom stereocenters. The first-order chi connectivity index (χ1) is 8.58. The van der Waals surface area contributed by atoms with Crippen LogP contribution in [0.2, 0.25) is 0 Å². The van der Waals surface area contributed by atoms with Crippen molar-refractivity contribution in [3.05, 3.63) is 29.6 Å². The molecule has 0 radical (unpaired) electrons. The Bertz CT molecular complexity index is 455. The molecule has 1 spiro atoms. The van der Waals surface area contributed by atoms with E-state index in [0.29, 0.717) is 17.7 Å². The molecular formula is C14H18FNO2. The van der Waals surface area contributed by atoms with Crippen LogP contribution in [0.4, 0.5) is 4.39 Å². The van der Waals surface area contributed by atoms with E-state index in [2.05, 4.69) is 11.9 Å². The van der Waals surface area contributed by atoms with Crippen LogP contribution in [0, 0.1) is 5.82 Å². The second kappa shape index (κ2) is 4.21. The van der Waals surface area contributed by atoms with Crippen molar-refractivity contribution in [2.24, 2.45) is 0 Å². The summed E-state index contributed by atoms with van der Waals surface area (Å²) in [5.74, 6) is 0.315. The fourth-order valence-electron chi connectivity index (χ4n) is 2.94. The Hall–Kier alpha value is -1.13. The molecule has 1 aromatic rings. The standard InChI is InChI=1S/C14H18FNO2/c1-16-6-4-14(5-7-16)9-12(17)11-8-10(15)2-3-13(11)18-14/h2-3,8,12,17H,4-7,9H2,1H3/t12-/m1/s1. The van der Waals surface area contributed by atoms with Gasteiger partial charge in [-0.05, 0) is 38.1 Å². The highest BCUT2D eigenvalue weighted by atomic mass is 19.1. The van der Waals surface area contributed by atoms with Crippen LogP contribution in [0.5, 0.6) is 5.75 Å². The first kappa shape index (κ1) is 11.9. The number of piperidine rings is 1. The van der Waals surface area contributed by atoms with Crippen LogP contribution in [0.3, 0.4) is 0 Å². The molecule has 3 nitrogen and oxygen atoms in total. The summed E-state index contributed by atoms with van der Waals surface area (Å²) in [6, 6.07) is 4.40. The van der Waals surface area contributed by atoms with E-state index in [-0.39, 0.29) is 11.4 Å². The number of nitrogens with zero attached hydrogens (tertiary/aromatic N) is 1. The first-order valence-electron chi connectivity index (χ1n) is 6.43. The number of hydrogen-bond donors (Lipinski definition) is 1. The van der Waals surface area contributed by atoms with E-state index in [9.17, 15) is 9.50 Å². The average molecular weight is 251 g/mol. The normalized spacial score (nSPS) is 26.7. The fraction of sp³-hybridized carbons (Fsp3) is 0.571. The molecule has 2 aliphatic rings. The second-order valence-corrected chi connectivity index (χ2v) is 5.49. The van der Waals surface area contributed by atoms with E-state index in [0.717, 1.165) is 25.9 Å². The zero-order chi connectivity index (χ0) is 12.8. The van der Waals surface area contributed by atoms with Crippen LogP contribution >= 0.6 is 0 Å². The summed E-state index contributed by atoms with van der Waals surface area (Å²) < 4.78 is 19.3. The molecule has 1 fully saturated rings. The lowest BCUT2D eigenvalue weighted by molar-refractivity contribution is -0.0505. The average Bonchev–Trinajstić information content (AvgIpc) is 2.35. The maximum absolute atomic E-state index is 13.2. The number of hydrogen-bond acceptors (Lipinski definition) is 3. The van der Waals surface area contributed by atoms with Gasteiger partial charge in [-0.25, -0.2) is 4.39 Å². The summed E-state index contributed by atoms with van der Waals surface area (Å²) in [7, 11) is 2.09. The number of likely N-dealkylation sites (tertiary alicyclic amines) is 1. The predicted octanol–water partition coefficient (Wildman–Crippen LogP) is 2.11. The van der Waals surface area contributed by atoms with Gasteiger partial charge in [0.25, 0.3) is 0 Å². The van der Waals surface area contributed by atoms with Crippen molar-refractivity contribution in [1.29, 1.82) is 0 Å². The van der Waals surface area contributed by atoms with E-state index >= 15 is 0 Å². The Balaban J connectivity index is 1.89. The molecule has 98 valence electrons. The molecule has 2 aliphatic heterocycles. The van der Waals surface area contributed by atoms with Gasteiger partial charge in [-0.15, -0.1) is 0 Å². The first-order valence-corrected chi connectivity index (χ1v) is 6.43. The smallest absolute Gasteiger partial charge is 0.126 e. The van der Waals surface area contributed by atoms with E-state index in [4.69, 9.17) is 4.74 Å². The van der Waals surface area contributed by atoms with Gasteiger partial charge in [-0.1, -0.05) is 0 Å². The molecule has 0 saturated carbocycles. The fourth-order valence-corrected chi connectivity index (χ4v) is 2.94. The number of benzene rings is 1. The van der Waals surface area contributed by atoms with Crippen LogP contribution in [0.1, 0.15) is 30.9 Å². The number of aliphatic hydroxyl groups excluding tert-OH is 1. The van der Waals surface area contributed by atoms with Crippen molar-refractivity contribution < 1.29 is 14.2 Å². The molecule has 1 saturated heterocycles. The number of fused-ring (bicyclic) bond motifs is 1. The van der Waals surface area contributed by atoms with Crippen molar-refractivity contribution >= 4 is 0 Å². The van der Waals surface area contributed by atoms with Gasteiger partial charge in [-0.3, -0.25) is 0 Å². The SMILES string of the molecule is CN1CCC2(CC1)C[C@@H](O)c1cc(F)ccc1O2. The van der Waals surface area contributed by atoms with E-state index in [1.807, 2.05) is 0 Å². The Morgan fingerprint density at radius 2 is 2.11 bits per heavy atom. The molecule has 18 heavy (non-hydrogen) atoms. The number of halogens is 1. The summed E-state index contributed by atoms with van der Waals surface area (Å²) in [4.78, 5) is 2.27. The Kier molecular flexibility index (Phi) is 2.79. The van der Waals surface area contributed by atoms with Gasteiger partial charge in [0.2, 0.25) is 0 Å². The Morgan fingerprint density at radius 1 is 1.39 bits per heavy atom. The molecule has 4 heteroatoms. The second-order valence-electron chi connectivity index (χ2n) is 5.49. The van der Waals surface area contributed by atoms with Gasteiger partial charge < -0.3 is 14.7 Å². The van der Waals surface area contributed by atoms with Crippen LogP contribution in [0.15, 0.2) is 18.2 Å². The van der Waals surface area contributed by atoms with Gasteiger partial charge in [-0.2, -0.15) is 0 Å². The third-order valence-corrected chi connectivity index (χ3v) is 4.12. The van der Waals surface area contributed by atoms with Gasteiger partial charge in [0.15, 0.2) is 0 Å². The van der Waals surface area contributed by atoms with E-state index in [1.54, 1.807) is 6.07 Å². The highest BCUT2D eigenvalue weighted by Gasteiger charge is 2.42. The van der Waals surface area contributed by atoms with Crippen LogP contribution in [0.25, 0.3) is 0 Å². The topological polar surface area (TPSA) is 32.7 Å². The number of ether oxygens (including phenoxy) is 1. The maximum Gasteiger partial charge on any atom is 0.126 e. The van der Waals surface area contributed by atoms with Gasteiger partial charge >= 0.3 is 0 Å². The van der Waals surface area contributed by atoms with Crippen LogP contribution in [-0.4, -0.2) is 35.7 Å². The Morgan fingerprint density at radius 3 is 2.83 bits per heavy atom.